The van der Waals surface area contributed by atoms with E-state index in [4.69, 9.17) is 9.47 Å². The van der Waals surface area contributed by atoms with Crippen LogP contribution in [-0.4, -0.2) is 55.2 Å². The molecule has 1 N–H and O–H groups in total. The molecule has 34 heavy (non-hydrogen) atoms. The topological polar surface area (TPSA) is 63.2 Å². The van der Waals surface area contributed by atoms with E-state index in [2.05, 4.69) is 10.3 Å². The van der Waals surface area contributed by atoms with Gasteiger partial charge in [0.25, 0.3) is 5.91 Å². The molecular formula is C24H23F4N3O3. The van der Waals surface area contributed by atoms with E-state index in [1.54, 1.807) is 6.08 Å². The van der Waals surface area contributed by atoms with Crippen molar-refractivity contribution in [3.8, 4) is 0 Å². The summed E-state index contributed by atoms with van der Waals surface area (Å²) in [7, 11) is 0. The van der Waals surface area contributed by atoms with Gasteiger partial charge in [0.2, 0.25) is 0 Å². The van der Waals surface area contributed by atoms with Crippen LogP contribution >= 0.6 is 0 Å². The predicted octanol–water partition coefficient (Wildman–Crippen LogP) is 3.67. The number of amides is 1. The summed E-state index contributed by atoms with van der Waals surface area (Å²) in [4.78, 5) is 19.9. The number of aliphatic imine (C=N–C) groups is 1. The van der Waals surface area contributed by atoms with Gasteiger partial charge in [0.05, 0.1) is 55.7 Å². The molecule has 0 radical (unpaired) electrons. The lowest BCUT2D eigenvalue weighted by atomic mass is 9.95. The van der Waals surface area contributed by atoms with Gasteiger partial charge in [-0.05, 0) is 36.6 Å². The average molecular weight is 477 g/mol. The molecule has 1 amide bonds. The van der Waals surface area contributed by atoms with Crippen LogP contribution in [0.3, 0.4) is 0 Å². The SMILES string of the molecule is C[C@@H](NC(=O)C1=CC(C2=CCOCC2)=CN2C1=N[C@H]1COC[C@H]12)c1cccc(C(F)(F)F)c1F. The van der Waals surface area contributed by atoms with Crippen LogP contribution in [-0.2, 0) is 20.4 Å². The largest absolute Gasteiger partial charge is 0.419 e. The standard InChI is InChI=1S/C24H23F4N3O3/c1-13(16-3-2-4-18(21(16)25)24(26,27)28)29-23(32)17-9-15(14-5-7-33-8-6-14)10-31-20-12-34-11-19(20)30-22(17)31/h2-5,9-10,13,19-20H,6-8,11-12H2,1H3,(H,29,32)/t13-,19+,20-/m1/s1. The van der Waals surface area contributed by atoms with Crippen molar-refractivity contribution >= 4 is 11.7 Å². The highest BCUT2D eigenvalue weighted by atomic mass is 19.4. The molecule has 1 aromatic carbocycles. The van der Waals surface area contributed by atoms with E-state index < -0.39 is 29.5 Å². The number of carbonyl (C=O) groups excluding carboxylic acids is 1. The summed E-state index contributed by atoms with van der Waals surface area (Å²) in [6, 6.07) is 1.92. The van der Waals surface area contributed by atoms with Gasteiger partial charge in [0.1, 0.15) is 11.7 Å². The Kier molecular flexibility index (Phi) is 5.81. The first-order valence-corrected chi connectivity index (χ1v) is 11.1. The number of amidine groups is 1. The van der Waals surface area contributed by atoms with Crippen LogP contribution in [0.15, 0.2) is 58.3 Å². The molecule has 0 aliphatic carbocycles. The Bertz CT molecular complexity index is 1140. The maximum atomic E-state index is 14.6. The summed E-state index contributed by atoms with van der Waals surface area (Å²) in [6.45, 7) is 3.43. The van der Waals surface area contributed by atoms with Gasteiger partial charge >= 0.3 is 6.18 Å². The highest BCUT2D eigenvalue weighted by Gasteiger charge is 2.43. The van der Waals surface area contributed by atoms with E-state index >= 15 is 0 Å². The minimum atomic E-state index is -4.83. The fourth-order valence-electron chi connectivity index (χ4n) is 4.66. The van der Waals surface area contributed by atoms with Crippen molar-refractivity contribution in [2.24, 2.45) is 4.99 Å². The summed E-state index contributed by atoms with van der Waals surface area (Å²) in [5.41, 5.74) is 0.572. The summed E-state index contributed by atoms with van der Waals surface area (Å²) in [6.07, 6.45) is 1.52. The van der Waals surface area contributed by atoms with Gasteiger partial charge in [0.15, 0.2) is 0 Å². The van der Waals surface area contributed by atoms with Gasteiger partial charge in [-0.1, -0.05) is 18.2 Å². The Labute approximate surface area is 193 Å². The second-order valence-electron chi connectivity index (χ2n) is 8.63. The van der Waals surface area contributed by atoms with E-state index in [1.165, 1.54) is 13.0 Å². The number of hydrogen-bond donors (Lipinski definition) is 1. The molecule has 4 aliphatic rings. The van der Waals surface area contributed by atoms with Crippen molar-refractivity contribution in [3.05, 3.63) is 70.2 Å². The number of halogens is 4. The number of rotatable bonds is 4. The third-order valence-electron chi connectivity index (χ3n) is 6.46. The zero-order valence-corrected chi connectivity index (χ0v) is 18.4. The van der Waals surface area contributed by atoms with Crippen molar-refractivity contribution in [1.29, 1.82) is 0 Å². The minimum Gasteiger partial charge on any atom is -0.377 e. The molecule has 180 valence electrons. The van der Waals surface area contributed by atoms with Crippen LogP contribution < -0.4 is 5.32 Å². The highest BCUT2D eigenvalue weighted by Crippen LogP contribution is 2.36. The Hall–Kier alpha value is -2.98. The quantitative estimate of drug-likeness (QED) is 0.673. The summed E-state index contributed by atoms with van der Waals surface area (Å²) in [5.74, 6) is -1.43. The molecule has 1 aromatic rings. The summed E-state index contributed by atoms with van der Waals surface area (Å²) < 4.78 is 65.0. The number of carbonyl (C=O) groups is 1. The van der Waals surface area contributed by atoms with Gasteiger partial charge < -0.3 is 19.7 Å². The molecule has 3 atom stereocenters. The van der Waals surface area contributed by atoms with E-state index in [9.17, 15) is 22.4 Å². The molecule has 0 bridgehead atoms. The van der Waals surface area contributed by atoms with E-state index in [-0.39, 0.29) is 17.6 Å². The lowest BCUT2D eigenvalue weighted by Gasteiger charge is -2.30. The smallest absolute Gasteiger partial charge is 0.377 e. The predicted molar refractivity (Wildman–Crippen MR) is 115 cm³/mol. The molecular weight excluding hydrogens is 454 g/mol. The monoisotopic (exact) mass is 477 g/mol. The Morgan fingerprint density at radius 1 is 1.26 bits per heavy atom. The molecule has 1 saturated heterocycles. The van der Waals surface area contributed by atoms with Crippen LogP contribution in [0, 0.1) is 5.82 Å². The fourth-order valence-corrected chi connectivity index (χ4v) is 4.66. The first-order chi connectivity index (χ1) is 16.2. The van der Waals surface area contributed by atoms with Crippen molar-refractivity contribution in [2.45, 2.75) is 37.6 Å². The van der Waals surface area contributed by atoms with E-state index in [0.29, 0.717) is 50.3 Å². The number of benzene rings is 1. The normalized spacial score (nSPS) is 25.0. The number of nitrogens with one attached hydrogen (secondary N) is 1. The summed E-state index contributed by atoms with van der Waals surface area (Å²) in [5, 5.41) is 2.66. The lowest BCUT2D eigenvalue weighted by Crippen LogP contribution is -2.41. The highest BCUT2D eigenvalue weighted by molar-refractivity contribution is 6.22. The van der Waals surface area contributed by atoms with Crippen LogP contribution in [0.25, 0.3) is 0 Å². The fraction of sp³-hybridized carbons (Fsp3) is 0.417. The average Bonchev–Trinajstić information content (AvgIpc) is 3.40. The summed E-state index contributed by atoms with van der Waals surface area (Å²) >= 11 is 0. The lowest BCUT2D eigenvalue weighted by molar-refractivity contribution is -0.140. The second kappa shape index (κ2) is 8.66. The number of allylic oxidation sites excluding steroid dienone is 2. The van der Waals surface area contributed by atoms with Gasteiger partial charge in [-0.3, -0.25) is 9.79 Å². The van der Waals surface area contributed by atoms with Crippen molar-refractivity contribution in [3.63, 3.8) is 0 Å². The number of fused-ring (bicyclic) bond motifs is 3. The maximum absolute atomic E-state index is 14.6. The molecule has 0 saturated carbocycles. The van der Waals surface area contributed by atoms with Crippen LogP contribution in [0.5, 0.6) is 0 Å². The molecule has 1 fully saturated rings. The van der Waals surface area contributed by atoms with E-state index in [0.717, 1.165) is 17.2 Å². The number of ether oxygens (including phenoxy) is 2. The molecule has 4 aliphatic heterocycles. The molecule has 10 heteroatoms. The van der Waals surface area contributed by atoms with Crippen LogP contribution in [0.1, 0.15) is 30.5 Å². The third kappa shape index (κ3) is 4.05. The number of nitrogens with zero attached hydrogens (tertiary/aromatic N) is 2. The van der Waals surface area contributed by atoms with Gasteiger partial charge in [0, 0.05) is 11.8 Å². The first kappa shape index (κ1) is 22.8. The Morgan fingerprint density at radius 3 is 2.82 bits per heavy atom. The number of alkyl halides is 3. The minimum absolute atomic E-state index is 0.0275. The van der Waals surface area contributed by atoms with Gasteiger partial charge in [-0.15, -0.1) is 0 Å². The van der Waals surface area contributed by atoms with Crippen molar-refractivity contribution in [1.82, 2.24) is 10.2 Å². The Balaban J connectivity index is 1.45. The van der Waals surface area contributed by atoms with Crippen molar-refractivity contribution in [2.75, 3.05) is 26.4 Å². The zero-order valence-electron chi connectivity index (χ0n) is 18.4. The molecule has 0 spiro atoms. The molecule has 5 rings (SSSR count). The van der Waals surface area contributed by atoms with Crippen molar-refractivity contribution < 1.29 is 31.8 Å². The molecule has 4 heterocycles. The third-order valence-corrected chi connectivity index (χ3v) is 6.46. The molecule has 0 unspecified atom stereocenters. The Morgan fingerprint density at radius 2 is 2.09 bits per heavy atom. The zero-order chi connectivity index (χ0) is 24.0. The van der Waals surface area contributed by atoms with Crippen LogP contribution in [0.4, 0.5) is 17.6 Å². The van der Waals surface area contributed by atoms with Crippen LogP contribution in [0.2, 0.25) is 0 Å². The number of hydrogen-bond acceptors (Lipinski definition) is 5. The van der Waals surface area contributed by atoms with Gasteiger partial charge in [-0.2, -0.15) is 13.2 Å². The first-order valence-electron chi connectivity index (χ1n) is 11.1. The second-order valence-corrected chi connectivity index (χ2v) is 8.63. The molecule has 0 aromatic heterocycles. The molecule has 6 nitrogen and oxygen atoms in total. The maximum Gasteiger partial charge on any atom is 0.419 e. The van der Waals surface area contributed by atoms with E-state index in [1.807, 2.05) is 17.2 Å². The van der Waals surface area contributed by atoms with Gasteiger partial charge in [-0.25, -0.2) is 4.39 Å².